The van der Waals surface area contributed by atoms with Crippen molar-refractivity contribution in [3.8, 4) is 0 Å². The summed E-state index contributed by atoms with van der Waals surface area (Å²) in [6.07, 6.45) is 1.86. The summed E-state index contributed by atoms with van der Waals surface area (Å²) < 4.78 is 31.3. The molecule has 1 aromatic carbocycles. The third-order valence-corrected chi connectivity index (χ3v) is 4.06. The van der Waals surface area contributed by atoms with Gasteiger partial charge in [-0.15, -0.1) is 0 Å². The van der Waals surface area contributed by atoms with Crippen LogP contribution in [0.1, 0.15) is 23.1 Å². The molecular formula is C13H15N3O4S. The predicted octanol–water partition coefficient (Wildman–Crippen LogP) is 1.56. The molecule has 2 aromatic rings. The number of anilines is 1. The van der Waals surface area contributed by atoms with E-state index in [2.05, 4.69) is 19.4 Å². The molecule has 0 bridgehead atoms. The topological polar surface area (TPSA) is 101 Å². The second kappa shape index (κ2) is 5.96. The number of nitrogens with one attached hydrogen (secondary N) is 2. The van der Waals surface area contributed by atoms with E-state index >= 15 is 0 Å². The number of rotatable bonds is 5. The summed E-state index contributed by atoms with van der Waals surface area (Å²) in [5, 5.41) is -0.0252. The summed E-state index contributed by atoms with van der Waals surface area (Å²) in [5.74, 6) is 0.0459. The summed E-state index contributed by atoms with van der Waals surface area (Å²) in [6, 6.07) is 6.05. The first kappa shape index (κ1) is 15.0. The van der Waals surface area contributed by atoms with E-state index in [1.54, 1.807) is 12.1 Å². The fourth-order valence-electron chi connectivity index (χ4n) is 1.70. The number of aromatic amines is 1. The van der Waals surface area contributed by atoms with E-state index in [1.165, 1.54) is 25.4 Å². The molecular weight excluding hydrogens is 294 g/mol. The molecule has 0 fully saturated rings. The van der Waals surface area contributed by atoms with Gasteiger partial charge in [0.2, 0.25) is 0 Å². The average Bonchev–Trinajstić information content (AvgIpc) is 2.96. The maximum absolute atomic E-state index is 12.2. The molecule has 0 radical (unpaired) electrons. The highest BCUT2D eigenvalue weighted by Gasteiger charge is 2.17. The molecule has 0 spiro atoms. The van der Waals surface area contributed by atoms with Gasteiger partial charge in [-0.2, -0.15) is 8.42 Å². The van der Waals surface area contributed by atoms with Gasteiger partial charge in [-0.3, -0.25) is 4.72 Å². The van der Waals surface area contributed by atoms with Crippen LogP contribution in [0.5, 0.6) is 0 Å². The van der Waals surface area contributed by atoms with E-state index in [4.69, 9.17) is 0 Å². The van der Waals surface area contributed by atoms with Gasteiger partial charge in [-0.1, -0.05) is 13.0 Å². The van der Waals surface area contributed by atoms with E-state index in [9.17, 15) is 13.2 Å². The number of methoxy groups -OCH3 is 1. The molecule has 0 amide bonds. The minimum Gasteiger partial charge on any atom is -0.465 e. The van der Waals surface area contributed by atoms with Crippen molar-refractivity contribution in [2.75, 3.05) is 11.8 Å². The van der Waals surface area contributed by atoms with Gasteiger partial charge in [0, 0.05) is 12.1 Å². The Morgan fingerprint density at radius 2 is 2.19 bits per heavy atom. The molecule has 0 atom stereocenters. The lowest BCUT2D eigenvalue weighted by Crippen LogP contribution is -2.14. The number of ether oxygens (including phenoxy) is 1. The first-order valence-electron chi connectivity index (χ1n) is 6.21. The quantitative estimate of drug-likeness (QED) is 0.816. The summed E-state index contributed by atoms with van der Waals surface area (Å²) in [7, 11) is -2.51. The number of aromatic nitrogens is 2. The SMILES string of the molecule is CCc1ncc(S(=O)(=O)Nc2cccc(C(=O)OC)c2)[nH]1. The molecule has 1 aromatic heterocycles. The van der Waals surface area contributed by atoms with Gasteiger partial charge in [0.15, 0.2) is 5.03 Å². The molecule has 112 valence electrons. The van der Waals surface area contributed by atoms with Crippen molar-refractivity contribution in [2.45, 2.75) is 18.4 Å². The standard InChI is InChI=1S/C13H15N3O4S/c1-3-11-14-8-12(15-11)21(18,19)16-10-6-4-5-9(7-10)13(17)20-2/h4-8,16H,3H2,1-2H3,(H,14,15). The van der Waals surface area contributed by atoms with Gasteiger partial charge in [-0.05, 0) is 18.2 Å². The fraction of sp³-hybridized carbons (Fsp3) is 0.231. The van der Waals surface area contributed by atoms with Crippen molar-refractivity contribution in [1.82, 2.24) is 9.97 Å². The molecule has 0 unspecified atom stereocenters. The number of carbonyl (C=O) groups excluding carboxylic acids is 1. The molecule has 0 aliphatic rings. The zero-order valence-electron chi connectivity index (χ0n) is 11.6. The number of carbonyl (C=O) groups is 1. The number of aryl methyl sites for hydroxylation is 1. The third kappa shape index (κ3) is 3.40. The van der Waals surface area contributed by atoms with Crippen LogP contribution in [0.2, 0.25) is 0 Å². The Morgan fingerprint density at radius 3 is 2.81 bits per heavy atom. The van der Waals surface area contributed by atoms with Crippen molar-refractivity contribution in [2.24, 2.45) is 0 Å². The van der Waals surface area contributed by atoms with Crippen LogP contribution in [-0.2, 0) is 21.2 Å². The van der Waals surface area contributed by atoms with Crippen molar-refractivity contribution in [3.05, 3.63) is 41.9 Å². The molecule has 2 N–H and O–H groups in total. The Morgan fingerprint density at radius 1 is 1.43 bits per heavy atom. The van der Waals surface area contributed by atoms with Gasteiger partial charge in [0.05, 0.1) is 18.9 Å². The van der Waals surface area contributed by atoms with Crippen LogP contribution >= 0.6 is 0 Å². The van der Waals surface area contributed by atoms with Crippen LogP contribution in [0.4, 0.5) is 5.69 Å². The lowest BCUT2D eigenvalue weighted by Gasteiger charge is -2.07. The van der Waals surface area contributed by atoms with Crippen LogP contribution in [0, 0.1) is 0 Å². The Balaban J connectivity index is 2.26. The number of H-pyrrole nitrogens is 1. The number of sulfonamides is 1. The van der Waals surface area contributed by atoms with E-state index in [0.29, 0.717) is 12.2 Å². The number of imidazole rings is 1. The van der Waals surface area contributed by atoms with Gasteiger partial charge >= 0.3 is 5.97 Å². The first-order valence-corrected chi connectivity index (χ1v) is 7.69. The zero-order chi connectivity index (χ0) is 15.5. The molecule has 7 nitrogen and oxygen atoms in total. The first-order chi connectivity index (χ1) is 9.96. The molecule has 0 saturated carbocycles. The van der Waals surface area contributed by atoms with Gasteiger partial charge in [0.25, 0.3) is 10.0 Å². The average molecular weight is 309 g/mol. The minimum absolute atomic E-state index is 0.0252. The largest absolute Gasteiger partial charge is 0.465 e. The third-order valence-electron chi connectivity index (χ3n) is 2.77. The molecule has 0 aliphatic heterocycles. The molecule has 2 rings (SSSR count). The number of nitrogens with zero attached hydrogens (tertiary/aromatic N) is 1. The minimum atomic E-state index is -3.77. The summed E-state index contributed by atoms with van der Waals surface area (Å²) in [6.45, 7) is 1.86. The Labute approximate surface area is 122 Å². The predicted molar refractivity (Wildman–Crippen MR) is 76.6 cm³/mol. The highest BCUT2D eigenvalue weighted by molar-refractivity contribution is 7.92. The smallest absolute Gasteiger partial charge is 0.337 e. The zero-order valence-corrected chi connectivity index (χ0v) is 12.4. The number of hydrogen-bond acceptors (Lipinski definition) is 5. The molecule has 1 heterocycles. The maximum atomic E-state index is 12.2. The van der Waals surface area contributed by atoms with Crippen molar-refractivity contribution >= 4 is 21.7 Å². The molecule has 0 saturated heterocycles. The Bertz CT molecular complexity index is 752. The second-order valence-corrected chi connectivity index (χ2v) is 5.88. The molecule has 8 heteroatoms. The van der Waals surface area contributed by atoms with Gasteiger partial charge < -0.3 is 9.72 Å². The fourth-order valence-corrected chi connectivity index (χ4v) is 2.69. The lowest BCUT2D eigenvalue weighted by molar-refractivity contribution is 0.0601. The van der Waals surface area contributed by atoms with Gasteiger partial charge in [-0.25, -0.2) is 9.78 Å². The van der Waals surface area contributed by atoms with Crippen molar-refractivity contribution < 1.29 is 17.9 Å². The van der Waals surface area contributed by atoms with Crippen LogP contribution in [0.15, 0.2) is 35.5 Å². The van der Waals surface area contributed by atoms with Crippen LogP contribution in [0.3, 0.4) is 0 Å². The summed E-state index contributed by atoms with van der Waals surface area (Å²) >= 11 is 0. The van der Waals surface area contributed by atoms with Crippen molar-refractivity contribution in [3.63, 3.8) is 0 Å². The number of hydrogen-bond donors (Lipinski definition) is 2. The number of benzene rings is 1. The van der Waals surface area contributed by atoms with E-state index in [1.807, 2.05) is 6.92 Å². The van der Waals surface area contributed by atoms with Crippen LogP contribution in [0.25, 0.3) is 0 Å². The highest BCUT2D eigenvalue weighted by atomic mass is 32.2. The van der Waals surface area contributed by atoms with Crippen LogP contribution < -0.4 is 4.72 Å². The summed E-state index contributed by atoms with van der Waals surface area (Å²) in [4.78, 5) is 18.1. The molecule has 21 heavy (non-hydrogen) atoms. The molecule has 0 aliphatic carbocycles. The lowest BCUT2D eigenvalue weighted by atomic mass is 10.2. The van der Waals surface area contributed by atoms with Gasteiger partial charge in [0.1, 0.15) is 5.82 Å². The number of esters is 1. The maximum Gasteiger partial charge on any atom is 0.337 e. The van der Waals surface area contributed by atoms with E-state index in [0.717, 1.165) is 0 Å². The normalized spacial score (nSPS) is 11.1. The monoisotopic (exact) mass is 309 g/mol. The highest BCUT2D eigenvalue weighted by Crippen LogP contribution is 2.16. The Kier molecular flexibility index (Phi) is 4.27. The summed E-state index contributed by atoms with van der Waals surface area (Å²) in [5.41, 5.74) is 0.530. The van der Waals surface area contributed by atoms with Crippen molar-refractivity contribution in [1.29, 1.82) is 0 Å². The van der Waals surface area contributed by atoms with Crippen LogP contribution in [-0.4, -0.2) is 31.5 Å². The van der Waals surface area contributed by atoms with E-state index < -0.39 is 16.0 Å². The Hall–Kier alpha value is -2.35. The second-order valence-electron chi connectivity index (χ2n) is 4.23. The van der Waals surface area contributed by atoms with E-state index in [-0.39, 0.29) is 16.3 Å².